The monoisotopic (exact) mass is 156 g/mol. The summed E-state index contributed by atoms with van der Waals surface area (Å²) >= 11 is 0. The minimum absolute atomic E-state index is 0.415. The lowest BCUT2D eigenvalue weighted by molar-refractivity contribution is 0.217. The molecular weight excluding hydrogens is 140 g/mol. The first-order chi connectivity index (χ1) is 5.31. The summed E-state index contributed by atoms with van der Waals surface area (Å²) in [4.78, 5) is 0. The van der Waals surface area contributed by atoms with Gasteiger partial charge in [0.1, 0.15) is 0 Å². The van der Waals surface area contributed by atoms with Gasteiger partial charge in [0.05, 0.1) is 0 Å². The molecule has 1 aliphatic heterocycles. The molecule has 2 fully saturated rings. The highest BCUT2D eigenvalue weighted by Crippen LogP contribution is 2.35. The minimum Gasteiger partial charge on any atom is -0.327 e. The predicted octanol–water partition coefficient (Wildman–Crippen LogP) is -0.966. The van der Waals surface area contributed by atoms with Crippen LogP contribution in [0.15, 0.2) is 0 Å². The van der Waals surface area contributed by atoms with Gasteiger partial charge in [-0.15, -0.1) is 0 Å². The van der Waals surface area contributed by atoms with E-state index in [0.717, 1.165) is 19.0 Å². The maximum atomic E-state index is 5.94. The highest BCUT2D eigenvalue weighted by Gasteiger charge is 2.40. The Morgan fingerprint density at radius 3 is 2.73 bits per heavy atom. The van der Waals surface area contributed by atoms with Gasteiger partial charge in [0, 0.05) is 19.1 Å². The number of rotatable bonds is 1. The average molecular weight is 156 g/mol. The molecule has 64 valence electrons. The molecule has 5 N–H and O–H groups in total. The fourth-order valence-electron chi connectivity index (χ4n) is 2.41. The largest absolute Gasteiger partial charge is 0.327 e. The van der Waals surface area contributed by atoms with Gasteiger partial charge < -0.3 is 5.73 Å². The van der Waals surface area contributed by atoms with E-state index in [0.29, 0.717) is 12.0 Å². The van der Waals surface area contributed by atoms with E-state index in [9.17, 15) is 0 Å². The zero-order chi connectivity index (χ0) is 7.84. The number of fused-ring (bicyclic) bond motifs is 1. The molecule has 0 aromatic heterocycles. The topological polar surface area (TPSA) is 67.3 Å². The normalized spacial score (nSPS) is 44.7. The Kier molecular flexibility index (Phi) is 1.85. The number of nitrogens with two attached hydrogens (primary N) is 2. The molecule has 11 heavy (non-hydrogen) atoms. The van der Waals surface area contributed by atoms with Gasteiger partial charge in [-0.05, 0) is 24.7 Å². The molecule has 4 heteroatoms. The van der Waals surface area contributed by atoms with Crippen LogP contribution in [0.1, 0.15) is 12.8 Å². The van der Waals surface area contributed by atoms with E-state index in [1.165, 1.54) is 12.8 Å². The van der Waals surface area contributed by atoms with Crippen molar-refractivity contribution in [1.82, 2.24) is 10.5 Å². The van der Waals surface area contributed by atoms with E-state index in [4.69, 9.17) is 11.6 Å². The SMILES string of the molecule is NNN1CC2CCC(N)C2C1. The van der Waals surface area contributed by atoms with Crippen LogP contribution in [0.3, 0.4) is 0 Å². The molecule has 3 atom stereocenters. The van der Waals surface area contributed by atoms with Crippen molar-refractivity contribution < 1.29 is 0 Å². The van der Waals surface area contributed by atoms with E-state index in [1.807, 2.05) is 0 Å². The maximum Gasteiger partial charge on any atom is 0.0190 e. The summed E-state index contributed by atoms with van der Waals surface area (Å²) in [6.45, 7) is 2.11. The van der Waals surface area contributed by atoms with Crippen molar-refractivity contribution in [3.05, 3.63) is 0 Å². The van der Waals surface area contributed by atoms with Crippen LogP contribution in [-0.4, -0.2) is 24.1 Å². The highest BCUT2D eigenvalue weighted by molar-refractivity contribution is 4.94. The third-order valence-electron chi connectivity index (χ3n) is 3.09. The number of nitrogens with zero attached hydrogens (tertiary/aromatic N) is 1. The summed E-state index contributed by atoms with van der Waals surface area (Å²) in [6, 6.07) is 0.415. The second kappa shape index (κ2) is 2.71. The Labute approximate surface area is 66.8 Å². The summed E-state index contributed by atoms with van der Waals surface area (Å²) in [6.07, 6.45) is 2.48. The molecule has 1 saturated carbocycles. The summed E-state index contributed by atoms with van der Waals surface area (Å²) in [7, 11) is 0. The van der Waals surface area contributed by atoms with Crippen LogP contribution < -0.4 is 17.1 Å². The van der Waals surface area contributed by atoms with Gasteiger partial charge in [0.2, 0.25) is 0 Å². The highest BCUT2D eigenvalue weighted by atomic mass is 15.6. The molecule has 0 aromatic carbocycles. The summed E-state index contributed by atoms with van der Waals surface area (Å²) in [5.74, 6) is 6.80. The Morgan fingerprint density at radius 1 is 1.27 bits per heavy atom. The van der Waals surface area contributed by atoms with Gasteiger partial charge in [0.15, 0.2) is 0 Å². The Balaban J connectivity index is 1.98. The standard InChI is InChI=1S/C7H16N4/c8-7-2-1-5-3-11(10-9)4-6(5)7/h5-7,10H,1-4,8-9H2. The van der Waals surface area contributed by atoms with E-state index < -0.39 is 0 Å². The predicted molar refractivity (Wildman–Crippen MR) is 43.1 cm³/mol. The van der Waals surface area contributed by atoms with Crippen LogP contribution in [0.5, 0.6) is 0 Å². The summed E-state index contributed by atoms with van der Waals surface area (Å²) in [5.41, 5.74) is 8.63. The maximum absolute atomic E-state index is 5.94. The Morgan fingerprint density at radius 2 is 2.09 bits per heavy atom. The van der Waals surface area contributed by atoms with Gasteiger partial charge in [0.25, 0.3) is 0 Å². The van der Waals surface area contributed by atoms with Crippen molar-refractivity contribution in [2.75, 3.05) is 13.1 Å². The smallest absolute Gasteiger partial charge is 0.0190 e. The molecule has 0 aromatic rings. The van der Waals surface area contributed by atoms with Crippen molar-refractivity contribution in [2.24, 2.45) is 23.4 Å². The van der Waals surface area contributed by atoms with E-state index in [1.54, 1.807) is 0 Å². The molecule has 3 unspecified atom stereocenters. The van der Waals surface area contributed by atoms with Crippen LogP contribution >= 0.6 is 0 Å². The van der Waals surface area contributed by atoms with Gasteiger partial charge >= 0.3 is 0 Å². The molecule has 1 heterocycles. The minimum atomic E-state index is 0.415. The molecular formula is C7H16N4. The molecule has 0 bridgehead atoms. The first-order valence-electron chi connectivity index (χ1n) is 4.28. The molecule has 1 saturated heterocycles. The first kappa shape index (κ1) is 7.49. The second-order valence-electron chi connectivity index (χ2n) is 3.70. The number of nitrogens with one attached hydrogen (secondary N) is 1. The molecule has 1 aliphatic carbocycles. The van der Waals surface area contributed by atoms with E-state index in [-0.39, 0.29) is 0 Å². The van der Waals surface area contributed by atoms with Crippen molar-refractivity contribution in [3.8, 4) is 0 Å². The summed E-state index contributed by atoms with van der Waals surface area (Å²) in [5, 5.41) is 2.06. The molecule has 4 nitrogen and oxygen atoms in total. The molecule has 0 radical (unpaired) electrons. The Hall–Kier alpha value is -0.160. The lowest BCUT2D eigenvalue weighted by atomic mass is 9.98. The fraction of sp³-hybridized carbons (Fsp3) is 1.00. The fourth-order valence-corrected chi connectivity index (χ4v) is 2.41. The number of hydrogen-bond donors (Lipinski definition) is 3. The third-order valence-corrected chi connectivity index (χ3v) is 3.09. The Bertz CT molecular complexity index is 149. The lowest BCUT2D eigenvalue weighted by Crippen LogP contribution is -2.42. The van der Waals surface area contributed by atoms with Crippen LogP contribution in [0.25, 0.3) is 0 Å². The van der Waals surface area contributed by atoms with Gasteiger partial charge in [-0.2, -0.15) is 5.53 Å². The van der Waals surface area contributed by atoms with Gasteiger partial charge in [-0.25, -0.2) is 5.01 Å². The van der Waals surface area contributed by atoms with E-state index >= 15 is 0 Å². The third kappa shape index (κ3) is 1.16. The molecule has 2 aliphatic rings. The zero-order valence-corrected chi connectivity index (χ0v) is 6.66. The average Bonchev–Trinajstić information content (AvgIpc) is 2.53. The lowest BCUT2D eigenvalue weighted by Gasteiger charge is -2.15. The van der Waals surface area contributed by atoms with Crippen LogP contribution in [-0.2, 0) is 0 Å². The van der Waals surface area contributed by atoms with Crippen LogP contribution in [0.2, 0.25) is 0 Å². The quantitative estimate of drug-likeness (QED) is 0.338. The number of hydrazine groups is 2. The van der Waals surface area contributed by atoms with Crippen LogP contribution in [0, 0.1) is 11.8 Å². The van der Waals surface area contributed by atoms with Crippen molar-refractivity contribution in [3.63, 3.8) is 0 Å². The van der Waals surface area contributed by atoms with Crippen molar-refractivity contribution >= 4 is 0 Å². The van der Waals surface area contributed by atoms with Gasteiger partial charge in [-0.1, -0.05) is 0 Å². The first-order valence-corrected chi connectivity index (χ1v) is 4.28. The second-order valence-corrected chi connectivity index (χ2v) is 3.70. The van der Waals surface area contributed by atoms with Gasteiger partial charge in [-0.3, -0.25) is 5.84 Å². The molecule has 0 amide bonds. The van der Waals surface area contributed by atoms with Crippen LogP contribution in [0.4, 0.5) is 0 Å². The molecule has 2 rings (SSSR count). The number of hydrogen-bond acceptors (Lipinski definition) is 4. The summed E-state index contributed by atoms with van der Waals surface area (Å²) < 4.78 is 0. The van der Waals surface area contributed by atoms with Crippen molar-refractivity contribution in [1.29, 1.82) is 0 Å². The molecule has 0 spiro atoms. The van der Waals surface area contributed by atoms with E-state index in [2.05, 4.69) is 10.5 Å². The zero-order valence-electron chi connectivity index (χ0n) is 6.66. The van der Waals surface area contributed by atoms with Crippen molar-refractivity contribution in [2.45, 2.75) is 18.9 Å².